The molecular formula is C18H21NO2S. The van der Waals surface area contributed by atoms with Gasteiger partial charge in [-0.25, -0.2) is 0 Å². The average Bonchev–Trinajstić information content (AvgIpc) is 2.59. The van der Waals surface area contributed by atoms with Gasteiger partial charge >= 0.3 is 0 Å². The molecule has 116 valence electrons. The van der Waals surface area contributed by atoms with Crippen LogP contribution in [0.5, 0.6) is 0 Å². The molecule has 2 atom stereocenters. The molecule has 0 fully saturated rings. The first-order valence-electron chi connectivity index (χ1n) is 7.32. The molecule has 0 spiro atoms. The molecule has 22 heavy (non-hydrogen) atoms. The van der Waals surface area contributed by atoms with Crippen molar-refractivity contribution in [3.8, 4) is 0 Å². The van der Waals surface area contributed by atoms with Gasteiger partial charge in [0.05, 0.1) is 17.9 Å². The Labute approximate surface area is 135 Å². The Morgan fingerprint density at radius 2 is 1.68 bits per heavy atom. The first-order valence-corrected chi connectivity index (χ1v) is 8.37. The van der Waals surface area contributed by atoms with E-state index in [-0.39, 0.29) is 23.8 Å². The molecular weight excluding hydrogens is 294 g/mol. The molecule has 0 saturated carbocycles. The SMILES string of the molecule is CC(SCc1ccccc1)C(=O)NC(CO)c1ccccc1. The summed E-state index contributed by atoms with van der Waals surface area (Å²) in [7, 11) is 0. The zero-order valence-corrected chi connectivity index (χ0v) is 13.4. The molecule has 4 heteroatoms. The predicted octanol–water partition coefficient (Wildman–Crippen LogP) is 3.16. The molecule has 0 aliphatic heterocycles. The minimum absolute atomic E-state index is 0.0520. The van der Waals surface area contributed by atoms with E-state index in [9.17, 15) is 9.90 Å². The molecule has 2 unspecified atom stereocenters. The summed E-state index contributed by atoms with van der Waals surface area (Å²) in [6.07, 6.45) is 0. The molecule has 2 N–H and O–H groups in total. The average molecular weight is 315 g/mol. The van der Waals surface area contributed by atoms with Crippen molar-refractivity contribution < 1.29 is 9.90 Å². The Morgan fingerprint density at radius 3 is 2.27 bits per heavy atom. The zero-order valence-electron chi connectivity index (χ0n) is 12.6. The van der Waals surface area contributed by atoms with Crippen LogP contribution in [-0.4, -0.2) is 22.9 Å². The molecule has 1 amide bonds. The summed E-state index contributed by atoms with van der Waals surface area (Å²) in [6, 6.07) is 19.3. The first-order chi connectivity index (χ1) is 10.7. The van der Waals surface area contributed by atoms with Crippen molar-refractivity contribution in [2.45, 2.75) is 24.0 Å². The molecule has 3 nitrogen and oxygen atoms in total. The molecule has 2 rings (SSSR count). The second-order valence-corrected chi connectivity index (χ2v) is 6.42. The topological polar surface area (TPSA) is 49.3 Å². The van der Waals surface area contributed by atoms with Gasteiger partial charge in [0.25, 0.3) is 0 Å². The number of aliphatic hydroxyl groups is 1. The Hall–Kier alpha value is -1.78. The van der Waals surface area contributed by atoms with Crippen LogP contribution in [0.15, 0.2) is 60.7 Å². The minimum Gasteiger partial charge on any atom is -0.394 e. The number of rotatable bonds is 7. The first kappa shape index (κ1) is 16.6. The Morgan fingerprint density at radius 1 is 1.09 bits per heavy atom. The third kappa shape index (κ3) is 4.90. The smallest absolute Gasteiger partial charge is 0.233 e. The quantitative estimate of drug-likeness (QED) is 0.825. The highest BCUT2D eigenvalue weighted by Gasteiger charge is 2.18. The van der Waals surface area contributed by atoms with Crippen LogP contribution in [0.3, 0.4) is 0 Å². The lowest BCUT2D eigenvalue weighted by Gasteiger charge is -2.19. The van der Waals surface area contributed by atoms with Gasteiger partial charge in [-0.2, -0.15) is 0 Å². The summed E-state index contributed by atoms with van der Waals surface area (Å²) in [5.74, 6) is 0.744. The molecule has 0 aliphatic carbocycles. The highest BCUT2D eigenvalue weighted by atomic mass is 32.2. The van der Waals surface area contributed by atoms with Gasteiger partial charge in [-0.1, -0.05) is 60.7 Å². The number of amides is 1. The minimum atomic E-state index is -0.353. The number of nitrogens with one attached hydrogen (secondary N) is 1. The number of benzene rings is 2. The van der Waals surface area contributed by atoms with Crippen LogP contribution in [0.4, 0.5) is 0 Å². The maximum absolute atomic E-state index is 12.3. The van der Waals surface area contributed by atoms with E-state index in [0.717, 1.165) is 11.3 Å². The molecule has 0 aliphatic rings. The number of carbonyl (C=O) groups excluding carboxylic acids is 1. The van der Waals surface area contributed by atoms with E-state index in [4.69, 9.17) is 0 Å². The summed E-state index contributed by atoms with van der Waals surface area (Å²) < 4.78 is 0. The fourth-order valence-corrected chi connectivity index (χ4v) is 2.93. The lowest BCUT2D eigenvalue weighted by molar-refractivity contribution is -0.121. The standard InChI is InChI=1S/C18H21NO2S/c1-14(22-13-15-8-4-2-5-9-15)18(21)19-17(12-20)16-10-6-3-7-11-16/h2-11,14,17,20H,12-13H2,1H3,(H,19,21). The van der Waals surface area contributed by atoms with Crippen LogP contribution in [0.1, 0.15) is 24.1 Å². The van der Waals surface area contributed by atoms with Gasteiger partial charge in [0.2, 0.25) is 5.91 Å². The van der Waals surface area contributed by atoms with Gasteiger partial charge in [-0.3, -0.25) is 4.79 Å². The van der Waals surface area contributed by atoms with Gasteiger partial charge < -0.3 is 10.4 Å². The Balaban J connectivity index is 1.87. The van der Waals surface area contributed by atoms with Gasteiger partial charge in [-0.15, -0.1) is 11.8 Å². The maximum Gasteiger partial charge on any atom is 0.233 e. The Kier molecular flexibility index (Phi) is 6.49. The lowest BCUT2D eigenvalue weighted by atomic mass is 10.1. The zero-order chi connectivity index (χ0) is 15.8. The highest BCUT2D eigenvalue weighted by Crippen LogP contribution is 2.19. The van der Waals surface area contributed by atoms with Crippen molar-refractivity contribution in [1.29, 1.82) is 0 Å². The molecule has 2 aromatic rings. The molecule has 0 aromatic heterocycles. The van der Waals surface area contributed by atoms with Gasteiger partial charge in [0.1, 0.15) is 0 Å². The number of thioether (sulfide) groups is 1. The van der Waals surface area contributed by atoms with E-state index in [1.807, 2.05) is 55.5 Å². The van der Waals surface area contributed by atoms with Crippen LogP contribution < -0.4 is 5.32 Å². The summed E-state index contributed by atoms with van der Waals surface area (Å²) in [6.45, 7) is 1.79. The lowest BCUT2D eigenvalue weighted by Crippen LogP contribution is -2.36. The molecule has 0 saturated heterocycles. The fourth-order valence-electron chi connectivity index (χ4n) is 2.08. The van der Waals surface area contributed by atoms with E-state index < -0.39 is 0 Å². The monoisotopic (exact) mass is 315 g/mol. The van der Waals surface area contributed by atoms with Crippen molar-refractivity contribution in [2.75, 3.05) is 6.61 Å². The van der Waals surface area contributed by atoms with E-state index in [2.05, 4.69) is 17.4 Å². The van der Waals surface area contributed by atoms with Crippen molar-refractivity contribution in [1.82, 2.24) is 5.32 Å². The summed E-state index contributed by atoms with van der Waals surface area (Å²) >= 11 is 1.59. The second kappa shape index (κ2) is 8.61. The van der Waals surface area contributed by atoms with E-state index in [1.54, 1.807) is 11.8 Å². The number of aliphatic hydroxyl groups excluding tert-OH is 1. The van der Waals surface area contributed by atoms with Crippen LogP contribution >= 0.6 is 11.8 Å². The summed E-state index contributed by atoms with van der Waals surface area (Å²) in [5.41, 5.74) is 2.12. The number of hydrogen-bond acceptors (Lipinski definition) is 3. The van der Waals surface area contributed by atoms with Crippen molar-refractivity contribution in [3.63, 3.8) is 0 Å². The molecule has 0 radical (unpaired) electrons. The summed E-state index contributed by atoms with van der Waals surface area (Å²) in [4.78, 5) is 12.3. The summed E-state index contributed by atoms with van der Waals surface area (Å²) in [5, 5.41) is 12.2. The molecule has 0 heterocycles. The van der Waals surface area contributed by atoms with E-state index in [1.165, 1.54) is 5.56 Å². The van der Waals surface area contributed by atoms with Crippen molar-refractivity contribution >= 4 is 17.7 Å². The van der Waals surface area contributed by atoms with Gasteiger partial charge in [-0.05, 0) is 18.1 Å². The van der Waals surface area contributed by atoms with Gasteiger partial charge in [0, 0.05) is 5.75 Å². The largest absolute Gasteiger partial charge is 0.394 e. The molecule has 0 bridgehead atoms. The van der Waals surface area contributed by atoms with Crippen LogP contribution in [-0.2, 0) is 10.5 Å². The molecule has 2 aromatic carbocycles. The number of carbonyl (C=O) groups is 1. The highest BCUT2D eigenvalue weighted by molar-refractivity contribution is 7.99. The fraction of sp³-hybridized carbons (Fsp3) is 0.278. The van der Waals surface area contributed by atoms with Crippen LogP contribution in [0, 0.1) is 0 Å². The normalized spacial score (nSPS) is 13.4. The van der Waals surface area contributed by atoms with Crippen molar-refractivity contribution in [2.24, 2.45) is 0 Å². The third-order valence-electron chi connectivity index (χ3n) is 3.41. The second-order valence-electron chi connectivity index (χ2n) is 5.09. The predicted molar refractivity (Wildman–Crippen MR) is 91.6 cm³/mol. The van der Waals surface area contributed by atoms with Crippen LogP contribution in [0.2, 0.25) is 0 Å². The van der Waals surface area contributed by atoms with E-state index >= 15 is 0 Å². The van der Waals surface area contributed by atoms with E-state index in [0.29, 0.717) is 0 Å². The maximum atomic E-state index is 12.3. The van der Waals surface area contributed by atoms with Crippen LogP contribution in [0.25, 0.3) is 0 Å². The third-order valence-corrected chi connectivity index (χ3v) is 4.63. The number of hydrogen-bond donors (Lipinski definition) is 2. The van der Waals surface area contributed by atoms with Gasteiger partial charge in [0.15, 0.2) is 0 Å². The Bertz CT molecular complexity index is 574. The van der Waals surface area contributed by atoms with Crippen molar-refractivity contribution in [3.05, 3.63) is 71.8 Å².